The Labute approximate surface area is 109 Å². The molecule has 7 heteroatoms. The Balaban J connectivity index is 1.83. The fraction of sp³-hybridized carbons (Fsp3) is 0.250. The molecule has 19 heavy (non-hydrogen) atoms. The Morgan fingerprint density at radius 2 is 2.32 bits per heavy atom. The smallest absolute Gasteiger partial charge is 0.255 e. The molecule has 0 saturated heterocycles. The number of nitrogens with one attached hydrogen (secondary N) is 2. The number of carbonyl (C=O) groups is 1. The lowest BCUT2D eigenvalue weighted by molar-refractivity contribution is 0.0950. The molecule has 1 amide bonds. The van der Waals surface area contributed by atoms with Crippen LogP contribution in [0.4, 0.5) is 5.69 Å². The van der Waals surface area contributed by atoms with Crippen LogP contribution < -0.4 is 11.1 Å². The molecule has 0 fully saturated rings. The lowest BCUT2D eigenvalue weighted by Crippen LogP contribution is -2.25. The average molecular weight is 261 g/mol. The number of phenols is 1. The van der Waals surface area contributed by atoms with Crippen LogP contribution in [-0.4, -0.2) is 32.7 Å². The lowest BCUT2D eigenvalue weighted by Gasteiger charge is -2.07. The van der Waals surface area contributed by atoms with Crippen molar-refractivity contribution in [1.29, 1.82) is 0 Å². The summed E-state index contributed by atoms with van der Waals surface area (Å²) >= 11 is 0. The van der Waals surface area contributed by atoms with Gasteiger partial charge in [-0.2, -0.15) is 5.10 Å². The quantitative estimate of drug-likeness (QED) is 0.354. The first-order valence-corrected chi connectivity index (χ1v) is 5.88. The number of phenolic OH excluding ortho intramolecular Hbond substituents is 1. The highest BCUT2D eigenvalue weighted by Gasteiger charge is 2.12. The van der Waals surface area contributed by atoms with Crippen molar-refractivity contribution in [3.8, 4) is 5.75 Å². The minimum Gasteiger partial charge on any atom is -0.505 e. The predicted molar refractivity (Wildman–Crippen MR) is 69.6 cm³/mol. The third-order valence-corrected chi connectivity index (χ3v) is 2.65. The van der Waals surface area contributed by atoms with Crippen LogP contribution in [0.15, 0.2) is 24.5 Å². The number of amides is 1. The fourth-order valence-electron chi connectivity index (χ4n) is 1.65. The molecule has 7 nitrogen and oxygen atoms in total. The molecule has 0 spiro atoms. The molecular formula is C12H15N5O2. The minimum atomic E-state index is -0.345. The molecule has 0 aliphatic carbocycles. The third-order valence-electron chi connectivity index (χ3n) is 2.65. The maximum absolute atomic E-state index is 11.8. The van der Waals surface area contributed by atoms with Gasteiger partial charge in [-0.05, 0) is 18.6 Å². The van der Waals surface area contributed by atoms with Gasteiger partial charge in [0.2, 0.25) is 0 Å². The number of anilines is 1. The Hall–Kier alpha value is -2.57. The van der Waals surface area contributed by atoms with E-state index >= 15 is 0 Å². The number of nitrogen functional groups attached to an aromatic ring is 1. The second kappa shape index (κ2) is 5.85. The summed E-state index contributed by atoms with van der Waals surface area (Å²) in [6.45, 7) is 0.480. The molecule has 0 bridgehead atoms. The number of para-hydroxylation sites is 1. The van der Waals surface area contributed by atoms with E-state index in [0.717, 1.165) is 12.2 Å². The molecule has 5 N–H and O–H groups in total. The van der Waals surface area contributed by atoms with E-state index < -0.39 is 0 Å². The maximum Gasteiger partial charge on any atom is 0.255 e. The van der Waals surface area contributed by atoms with E-state index in [-0.39, 0.29) is 22.9 Å². The molecule has 0 aliphatic rings. The van der Waals surface area contributed by atoms with E-state index in [1.807, 2.05) is 0 Å². The van der Waals surface area contributed by atoms with Crippen LogP contribution in [0.1, 0.15) is 22.6 Å². The van der Waals surface area contributed by atoms with Crippen LogP contribution in [0.5, 0.6) is 5.75 Å². The zero-order chi connectivity index (χ0) is 13.7. The Kier molecular flexibility index (Phi) is 3.97. The van der Waals surface area contributed by atoms with Gasteiger partial charge in [-0.25, -0.2) is 4.98 Å². The number of aryl methyl sites for hydroxylation is 1. The van der Waals surface area contributed by atoms with E-state index in [1.54, 1.807) is 6.07 Å². The van der Waals surface area contributed by atoms with E-state index in [1.165, 1.54) is 18.5 Å². The molecule has 0 aliphatic heterocycles. The van der Waals surface area contributed by atoms with E-state index in [2.05, 4.69) is 20.5 Å². The van der Waals surface area contributed by atoms with Crippen LogP contribution in [0, 0.1) is 0 Å². The third kappa shape index (κ3) is 3.21. The highest BCUT2D eigenvalue weighted by atomic mass is 16.3. The number of benzene rings is 1. The van der Waals surface area contributed by atoms with Crippen LogP contribution in [0.25, 0.3) is 0 Å². The van der Waals surface area contributed by atoms with Crippen molar-refractivity contribution in [2.24, 2.45) is 0 Å². The van der Waals surface area contributed by atoms with Crippen LogP contribution >= 0.6 is 0 Å². The fourth-order valence-corrected chi connectivity index (χ4v) is 1.65. The molecule has 1 aromatic heterocycles. The summed E-state index contributed by atoms with van der Waals surface area (Å²) in [4.78, 5) is 15.8. The molecule has 0 atom stereocenters. The summed E-state index contributed by atoms with van der Waals surface area (Å²) in [5, 5.41) is 18.9. The first kappa shape index (κ1) is 12.9. The number of aromatic amines is 1. The first-order chi connectivity index (χ1) is 9.18. The van der Waals surface area contributed by atoms with Crippen LogP contribution in [0.2, 0.25) is 0 Å². The van der Waals surface area contributed by atoms with Crippen molar-refractivity contribution in [1.82, 2.24) is 20.5 Å². The lowest BCUT2D eigenvalue weighted by atomic mass is 10.1. The summed E-state index contributed by atoms with van der Waals surface area (Å²) in [5.74, 6) is 0.249. The number of nitrogens with zero attached hydrogens (tertiary/aromatic N) is 2. The van der Waals surface area contributed by atoms with Gasteiger partial charge in [0.1, 0.15) is 12.2 Å². The second-order valence-electron chi connectivity index (χ2n) is 4.04. The van der Waals surface area contributed by atoms with E-state index in [0.29, 0.717) is 13.0 Å². The monoisotopic (exact) mass is 261 g/mol. The van der Waals surface area contributed by atoms with Crippen molar-refractivity contribution >= 4 is 11.6 Å². The standard InChI is InChI=1S/C12H15N5O2/c13-9-4-1-3-8(11(9)18)12(19)14-6-2-5-10-15-7-16-17-10/h1,3-4,7,18H,2,5-6,13H2,(H,14,19)(H,15,16,17). The molecule has 100 valence electrons. The SMILES string of the molecule is Nc1cccc(C(=O)NCCCc2ncn[nH]2)c1O. The molecule has 0 saturated carbocycles. The Morgan fingerprint density at radius 3 is 3.05 bits per heavy atom. The highest BCUT2D eigenvalue weighted by molar-refractivity contribution is 5.98. The van der Waals surface area contributed by atoms with Crippen molar-refractivity contribution in [3.63, 3.8) is 0 Å². The largest absolute Gasteiger partial charge is 0.505 e. The van der Waals surface area contributed by atoms with E-state index in [4.69, 9.17) is 5.73 Å². The van der Waals surface area contributed by atoms with Gasteiger partial charge >= 0.3 is 0 Å². The van der Waals surface area contributed by atoms with Gasteiger partial charge in [0.05, 0.1) is 11.3 Å². The van der Waals surface area contributed by atoms with Crippen LogP contribution in [0.3, 0.4) is 0 Å². The highest BCUT2D eigenvalue weighted by Crippen LogP contribution is 2.23. The van der Waals surface area contributed by atoms with Crippen LogP contribution in [-0.2, 0) is 6.42 Å². The van der Waals surface area contributed by atoms with Gasteiger partial charge < -0.3 is 16.2 Å². The number of hydrogen-bond acceptors (Lipinski definition) is 5. The minimum absolute atomic E-state index is 0.180. The number of aromatic nitrogens is 3. The van der Waals surface area contributed by atoms with Gasteiger partial charge in [0.25, 0.3) is 5.91 Å². The summed E-state index contributed by atoms with van der Waals surface area (Å²) < 4.78 is 0. The van der Waals surface area contributed by atoms with Gasteiger partial charge in [-0.1, -0.05) is 6.07 Å². The molecule has 0 unspecified atom stereocenters. The number of rotatable bonds is 5. The molecule has 0 radical (unpaired) electrons. The number of carbonyl (C=O) groups excluding carboxylic acids is 1. The summed E-state index contributed by atoms with van der Waals surface area (Å²) in [5.41, 5.74) is 5.90. The average Bonchev–Trinajstić information content (AvgIpc) is 2.91. The van der Waals surface area contributed by atoms with Gasteiger partial charge in [0, 0.05) is 13.0 Å². The maximum atomic E-state index is 11.8. The number of H-pyrrole nitrogens is 1. The zero-order valence-electron chi connectivity index (χ0n) is 10.3. The molecule has 1 heterocycles. The Bertz CT molecular complexity index is 553. The molecular weight excluding hydrogens is 246 g/mol. The second-order valence-corrected chi connectivity index (χ2v) is 4.04. The van der Waals surface area contributed by atoms with Crippen molar-refractivity contribution < 1.29 is 9.90 Å². The Morgan fingerprint density at radius 1 is 1.47 bits per heavy atom. The number of nitrogens with two attached hydrogens (primary N) is 1. The zero-order valence-corrected chi connectivity index (χ0v) is 10.3. The van der Waals surface area contributed by atoms with Crippen molar-refractivity contribution in [2.75, 3.05) is 12.3 Å². The van der Waals surface area contributed by atoms with Crippen molar-refractivity contribution in [3.05, 3.63) is 35.9 Å². The summed E-state index contributed by atoms with van der Waals surface area (Å²) in [6.07, 6.45) is 2.87. The predicted octanol–water partition coefficient (Wildman–Crippen LogP) is 0.455. The van der Waals surface area contributed by atoms with Gasteiger partial charge in [-0.15, -0.1) is 0 Å². The van der Waals surface area contributed by atoms with Gasteiger partial charge in [0.15, 0.2) is 5.75 Å². The normalized spacial score (nSPS) is 10.3. The van der Waals surface area contributed by atoms with Crippen molar-refractivity contribution in [2.45, 2.75) is 12.8 Å². The molecule has 1 aromatic carbocycles. The summed E-state index contributed by atoms with van der Waals surface area (Å²) in [6, 6.07) is 4.69. The van der Waals surface area contributed by atoms with Gasteiger partial charge in [-0.3, -0.25) is 9.89 Å². The number of aromatic hydroxyl groups is 1. The molecule has 2 rings (SSSR count). The summed E-state index contributed by atoms with van der Waals surface area (Å²) in [7, 11) is 0. The number of hydrogen-bond donors (Lipinski definition) is 4. The van der Waals surface area contributed by atoms with E-state index in [9.17, 15) is 9.90 Å². The first-order valence-electron chi connectivity index (χ1n) is 5.88. The molecule has 2 aromatic rings. The topological polar surface area (TPSA) is 117 Å².